The predicted octanol–water partition coefficient (Wildman–Crippen LogP) is 1.93. The number of rotatable bonds is 3. The van der Waals surface area contributed by atoms with Gasteiger partial charge < -0.3 is 4.74 Å². The molecule has 2 unspecified atom stereocenters. The summed E-state index contributed by atoms with van der Waals surface area (Å²) < 4.78 is 5.53. The minimum atomic E-state index is 0.461. The van der Waals surface area contributed by atoms with Crippen molar-refractivity contribution < 1.29 is 4.74 Å². The van der Waals surface area contributed by atoms with Gasteiger partial charge in [0.2, 0.25) is 0 Å². The summed E-state index contributed by atoms with van der Waals surface area (Å²) in [4.78, 5) is 11.4. The Bertz CT molecular complexity index is 409. The lowest BCUT2D eigenvalue weighted by Crippen LogP contribution is -2.44. The van der Waals surface area contributed by atoms with E-state index in [1.165, 1.54) is 25.7 Å². The second-order valence-electron chi connectivity index (χ2n) is 5.54. The smallest absolute Gasteiger partial charge is 0.0730 e. The van der Waals surface area contributed by atoms with Crippen LogP contribution in [0.4, 0.5) is 0 Å². The van der Waals surface area contributed by atoms with E-state index >= 15 is 0 Å². The van der Waals surface area contributed by atoms with Gasteiger partial charge in [0, 0.05) is 38.1 Å². The molecule has 18 heavy (non-hydrogen) atoms. The van der Waals surface area contributed by atoms with E-state index in [1.54, 1.807) is 0 Å². The van der Waals surface area contributed by atoms with E-state index < -0.39 is 0 Å². The molecular formula is C14H21N3O. The second kappa shape index (κ2) is 4.94. The zero-order valence-electron chi connectivity index (χ0n) is 11.2. The highest BCUT2D eigenvalue weighted by atomic mass is 16.5. The van der Waals surface area contributed by atoms with Crippen LogP contribution in [0.5, 0.6) is 0 Å². The first-order valence-electron chi connectivity index (χ1n) is 6.82. The van der Waals surface area contributed by atoms with Crippen LogP contribution in [-0.2, 0) is 11.3 Å². The van der Waals surface area contributed by atoms with Crippen molar-refractivity contribution in [3.63, 3.8) is 0 Å². The lowest BCUT2D eigenvalue weighted by molar-refractivity contribution is 0.00201. The molecule has 3 heterocycles. The molecule has 2 saturated heterocycles. The molecule has 1 aromatic heterocycles. The van der Waals surface area contributed by atoms with Gasteiger partial charge in [-0.3, -0.25) is 14.9 Å². The molecule has 4 nitrogen and oxygen atoms in total. The number of piperidine rings is 1. The van der Waals surface area contributed by atoms with E-state index in [0.29, 0.717) is 18.2 Å². The number of fused-ring (bicyclic) bond motifs is 2. The standard InChI is InChI=1S/C14H21N3O/c1-10-7-15-8-11(16-10)9-17-12-3-4-13(17)6-14(5-12)18-2/h7-8,12-14H,3-6,9H2,1-2H3. The minimum absolute atomic E-state index is 0.461. The molecule has 4 heteroatoms. The van der Waals surface area contributed by atoms with Gasteiger partial charge in [-0.1, -0.05) is 0 Å². The van der Waals surface area contributed by atoms with Gasteiger partial charge in [-0.2, -0.15) is 0 Å². The minimum Gasteiger partial charge on any atom is -0.381 e. The summed E-state index contributed by atoms with van der Waals surface area (Å²) in [6.07, 6.45) is 9.14. The first-order chi connectivity index (χ1) is 8.76. The highest BCUT2D eigenvalue weighted by Gasteiger charge is 2.40. The van der Waals surface area contributed by atoms with Crippen LogP contribution in [0.25, 0.3) is 0 Å². The van der Waals surface area contributed by atoms with Crippen LogP contribution in [0.1, 0.15) is 37.1 Å². The third-order valence-electron chi connectivity index (χ3n) is 4.32. The monoisotopic (exact) mass is 247 g/mol. The second-order valence-corrected chi connectivity index (χ2v) is 5.54. The summed E-state index contributed by atoms with van der Waals surface area (Å²) in [5.41, 5.74) is 2.11. The average Bonchev–Trinajstić information content (AvgIpc) is 2.62. The summed E-state index contributed by atoms with van der Waals surface area (Å²) in [6.45, 7) is 2.95. The Morgan fingerprint density at radius 3 is 2.61 bits per heavy atom. The van der Waals surface area contributed by atoms with Crippen LogP contribution in [0, 0.1) is 6.92 Å². The van der Waals surface area contributed by atoms with Crippen LogP contribution in [0.2, 0.25) is 0 Å². The van der Waals surface area contributed by atoms with Gasteiger partial charge in [0.15, 0.2) is 0 Å². The van der Waals surface area contributed by atoms with Crippen molar-refractivity contribution >= 4 is 0 Å². The molecule has 98 valence electrons. The van der Waals surface area contributed by atoms with Gasteiger partial charge in [0.25, 0.3) is 0 Å². The third-order valence-corrected chi connectivity index (χ3v) is 4.32. The molecule has 2 bridgehead atoms. The van der Waals surface area contributed by atoms with Crippen LogP contribution in [-0.4, -0.2) is 40.2 Å². The van der Waals surface area contributed by atoms with Gasteiger partial charge >= 0.3 is 0 Å². The van der Waals surface area contributed by atoms with E-state index in [9.17, 15) is 0 Å². The highest BCUT2D eigenvalue weighted by Crippen LogP contribution is 2.37. The molecule has 0 aliphatic carbocycles. The summed E-state index contributed by atoms with van der Waals surface area (Å²) in [7, 11) is 1.84. The maximum absolute atomic E-state index is 5.53. The van der Waals surface area contributed by atoms with Crippen molar-refractivity contribution in [1.82, 2.24) is 14.9 Å². The molecule has 0 aromatic carbocycles. The molecule has 0 saturated carbocycles. The molecule has 1 aromatic rings. The average molecular weight is 247 g/mol. The van der Waals surface area contributed by atoms with E-state index in [2.05, 4.69) is 14.9 Å². The summed E-state index contributed by atoms with van der Waals surface area (Å²) >= 11 is 0. The quantitative estimate of drug-likeness (QED) is 0.818. The number of hydrogen-bond acceptors (Lipinski definition) is 4. The molecule has 3 rings (SSSR count). The molecular weight excluding hydrogens is 226 g/mol. The number of aromatic nitrogens is 2. The SMILES string of the molecule is COC1CC2CCC(C1)N2Cc1cncc(C)n1. The number of aryl methyl sites for hydroxylation is 1. The first-order valence-corrected chi connectivity index (χ1v) is 6.82. The first kappa shape index (κ1) is 12.1. The van der Waals surface area contributed by atoms with E-state index in [0.717, 1.165) is 17.9 Å². The zero-order chi connectivity index (χ0) is 12.5. The topological polar surface area (TPSA) is 38.2 Å². The number of methoxy groups -OCH3 is 1. The molecule has 0 amide bonds. The predicted molar refractivity (Wildman–Crippen MR) is 69.2 cm³/mol. The van der Waals surface area contributed by atoms with Gasteiger partial charge in [-0.05, 0) is 32.6 Å². The Kier molecular flexibility index (Phi) is 3.31. The molecule has 0 N–H and O–H groups in total. The number of nitrogens with zero attached hydrogens (tertiary/aromatic N) is 3. The maximum atomic E-state index is 5.53. The van der Waals surface area contributed by atoms with Gasteiger partial charge in [0.1, 0.15) is 0 Å². The Balaban J connectivity index is 1.71. The lowest BCUT2D eigenvalue weighted by atomic mass is 9.99. The third kappa shape index (κ3) is 2.27. The van der Waals surface area contributed by atoms with Crippen molar-refractivity contribution in [2.24, 2.45) is 0 Å². The van der Waals surface area contributed by atoms with Crippen molar-refractivity contribution in [2.75, 3.05) is 7.11 Å². The molecule has 2 aliphatic heterocycles. The fourth-order valence-corrected chi connectivity index (χ4v) is 3.45. The lowest BCUT2D eigenvalue weighted by Gasteiger charge is -2.38. The Morgan fingerprint density at radius 2 is 2.00 bits per heavy atom. The normalized spacial score (nSPS) is 31.8. The van der Waals surface area contributed by atoms with E-state index in [-0.39, 0.29) is 0 Å². The molecule has 2 fully saturated rings. The van der Waals surface area contributed by atoms with Crippen LogP contribution < -0.4 is 0 Å². The Labute approximate surface area is 108 Å². The van der Waals surface area contributed by atoms with Crippen molar-refractivity contribution in [3.05, 3.63) is 23.8 Å². The van der Waals surface area contributed by atoms with Gasteiger partial charge in [-0.15, -0.1) is 0 Å². The fourth-order valence-electron chi connectivity index (χ4n) is 3.45. The van der Waals surface area contributed by atoms with Gasteiger partial charge in [-0.25, -0.2) is 0 Å². The Morgan fingerprint density at radius 1 is 1.28 bits per heavy atom. The maximum Gasteiger partial charge on any atom is 0.0730 e. The highest BCUT2D eigenvalue weighted by molar-refractivity contribution is 5.04. The van der Waals surface area contributed by atoms with E-state index in [4.69, 9.17) is 4.74 Å². The van der Waals surface area contributed by atoms with Crippen molar-refractivity contribution in [2.45, 2.75) is 57.3 Å². The number of ether oxygens (including phenoxy) is 1. The molecule has 0 radical (unpaired) electrons. The molecule has 2 aliphatic rings. The van der Waals surface area contributed by atoms with Crippen LogP contribution >= 0.6 is 0 Å². The van der Waals surface area contributed by atoms with Crippen LogP contribution in [0.3, 0.4) is 0 Å². The van der Waals surface area contributed by atoms with Crippen molar-refractivity contribution in [1.29, 1.82) is 0 Å². The van der Waals surface area contributed by atoms with E-state index in [1.807, 2.05) is 26.4 Å². The zero-order valence-corrected chi connectivity index (χ0v) is 11.2. The molecule has 0 spiro atoms. The largest absolute Gasteiger partial charge is 0.381 e. The number of hydrogen-bond donors (Lipinski definition) is 0. The van der Waals surface area contributed by atoms with Crippen molar-refractivity contribution in [3.8, 4) is 0 Å². The summed E-state index contributed by atoms with van der Waals surface area (Å²) in [5.74, 6) is 0. The fraction of sp³-hybridized carbons (Fsp3) is 0.714. The summed E-state index contributed by atoms with van der Waals surface area (Å²) in [5, 5.41) is 0. The Hall–Kier alpha value is -1.00. The van der Waals surface area contributed by atoms with Gasteiger partial charge in [0.05, 0.1) is 17.5 Å². The van der Waals surface area contributed by atoms with Crippen LogP contribution in [0.15, 0.2) is 12.4 Å². The summed E-state index contributed by atoms with van der Waals surface area (Å²) in [6, 6.07) is 1.35. The molecule has 2 atom stereocenters.